The molecule has 5 heteroatoms. The van der Waals surface area contributed by atoms with Gasteiger partial charge < -0.3 is 5.32 Å². The van der Waals surface area contributed by atoms with E-state index in [0.717, 1.165) is 23.5 Å². The van der Waals surface area contributed by atoms with Crippen LogP contribution in [0.1, 0.15) is 45.7 Å². The zero-order valence-electron chi connectivity index (χ0n) is 13.2. The van der Waals surface area contributed by atoms with Crippen molar-refractivity contribution in [3.05, 3.63) is 20.7 Å². The molecule has 0 radical (unpaired) electrons. The van der Waals surface area contributed by atoms with Crippen molar-refractivity contribution in [3.8, 4) is 0 Å². The zero-order valence-corrected chi connectivity index (χ0v) is 14.0. The van der Waals surface area contributed by atoms with Gasteiger partial charge in [-0.2, -0.15) is 0 Å². The average Bonchev–Trinajstić information content (AvgIpc) is 2.89. The molecule has 2 fully saturated rings. The van der Waals surface area contributed by atoms with Gasteiger partial charge in [0.25, 0.3) is 0 Å². The van der Waals surface area contributed by atoms with Gasteiger partial charge >= 0.3 is 4.87 Å². The van der Waals surface area contributed by atoms with Crippen LogP contribution in [-0.2, 0) is 11.3 Å². The summed E-state index contributed by atoms with van der Waals surface area (Å²) in [6.07, 6.45) is 3.54. The number of aryl methyl sites for hydroxylation is 1. The van der Waals surface area contributed by atoms with Gasteiger partial charge in [0.2, 0.25) is 5.91 Å². The smallest absolute Gasteiger partial charge is 0.307 e. The summed E-state index contributed by atoms with van der Waals surface area (Å²) in [5.41, 5.74) is 1.34. The summed E-state index contributed by atoms with van der Waals surface area (Å²) >= 11 is 1.15. The van der Waals surface area contributed by atoms with Crippen LogP contribution >= 0.6 is 11.3 Å². The van der Waals surface area contributed by atoms with E-state index in [-0.39, 0.29) is 28.8 Å². The lowest BCUT2D eigenvalue weighted by molar-refractivity contribution is -0.123. The molecule has 0 aromatic carbocycles. The number of nitrogens with zero attached hydrogens (tertiary/aromatic N) is 1. The minimum atomic E-state index is -0.0536. The van der Waals surface area contributed by atoms with E-state index >= 15 is 0 Å². The second-order valence-electron chi connectivity index (χ2n) is 7.46. The first-order valence-electron chi connectivity index (χ1n) is 7.70. The number of hydrogen-bond acceptors (Lipinski definition) is 3. The zero-order chi connectivity index (χ0) is 15.4. The lowest BCUT2D eigenvalue weighted by atomic mass is 9.69. The van der Waals surface area contributed by atoms with Crippen molar-refractivity contribution in [2.24, 2.45) is 16.7 Å². The minimum absolute atomic E-state index is 0.0341. The number of aromatic nitrogens is 1. The predicted octanol–water partition coefficient (Wildman–Crippen LogP) is 2.55. The maximum absolute atomic E-state index is 12.3. The van der Waals surface area contributed by atoms with Gasteiger partial charge in [-0.1, -0.05) is 32.1 Å². The Balaban J connectivity index is 1.71. The Morgan fingerprint density at radius 1 is 1.48 bits per heavy atom. The number of rotatable bonds is 3. The van der Waals surface area contributed by atoms with Crippen molar-refractivity contribution in [3.63, 3.8) is 0 Å². The third-order valence-corrected chi connectivity index (χ3v) is 7.29. The number of carbonyl (C=O) groups is 1. The quantitative estimate of drug-likeness (QED) is 0.933. The first-order valence-corrected chi connectivity index (χ1v) is 8.58. The van der Waals surface area contributed by atoms with E-state index < -0.39 is 0 Å². The van der Waals surface area contributed by atoms with Crippen molar-refractivity contribution in [1.29, 1.82) is 0 Å². The maximum Gasteiger partial charge on any atom is 0.307 e. The van der Waals surface area contributed by atoms with Crippen LogP contribution in [0.4, 0.5) is 0 Å². The van der Waals surface area contributed by atoms with Crippen LogP contribution in [0.3, 0.4) is 0 Å². The number of amides is 1. The van der Waals surface area contributed by atoms with Crippen LogP contribution in [0.15, 0.2) is 10.2 Å². The molecule has 2 bridgehead atoms. The topological polar surface area (TPSA) is 51.1 Å². The Kier molecular flexibility index (Phi) is 3.32. The van der Waals surface area contributed by atoms with Gasteiger partial charge in [-0.15, -0.1) is 0 Å². The molecule has 3 atom stereocenters. The van der Waals surface area contributed by atoms with Crippen LogP contribution in [0, 0.1) is 23.7 Å². The molecule has 1 amide bonds. The molecular weight excluding hydrogens is 284 g/mol. The standard InChI is InChI=1S/C16H24N2O2S/c1-10-9-21-14(20)18(10)8-13(19)17-12-7-11-5-6-16(12,4)15(11,2)3/h9,11-12H,5-8H2,1-4H3,(H,17,19)/t11-,12-,16-/m0/s1. The number of carbonyl (C=O) groups excluding carboxylic acids is 1. The molecule has 2 saturated carbocycles. The SMILES string of the molecule is Cc1csc(=O)n1CC(=O)N[C@H]1C[C@@H]2CC[C@]1(C)C2(C)C. The van der Waals surface area contributed by atoms with Crippen molar-refractivity contribution in [1.82, 2.24) is 9.88 Å². The van der Waals surface area contributed by atoms with Gasteiger partial charge in [-0.3, -0.25) is 14.2 Å². The van der Waals surface area contributed by atoms with Crippen LogP contribution < -0.4 is 10.2 Å². The van der Waals surface area contributed by atoms with Crippen molar-refractivity contribution >= 4 is 17.2 Å². The Bertz CT molecular complexity index is 630. The van der Waals surface area contributed by atoms with E-state index in [4.69, 9.17) is 0 Å². The lowest BCUT2D eigenvalue weighted by Gasteiger charge is -2.39. The summed E-state index contributed by atoms with van der Waals surface area (Å²) in [6, 6.07) is 0.244. The Hall–Kier alpha value is -1.10. The van der Waals surface area contributed by atoms with Gasteiger partial charge in [0.15, 0.2) is 0 Å². The molecule has 1 aromatic rings. The molecular formula is C16H24N2O2S. The first-order chi connectivity index (χ1) is 9.75. The number of nitrogens with one attached hydrogen (secondary N) is 1. The summed E-state index contributed by atoms with van der Waals surface area (Å²) in [7, 11) is 0. The second kappa shape index (κ2) is 4.70. The Morgan fingerprint density at radius 3 is 2.67 bits per heavy atom. The highest BCUT2D eigenvalue weighted by atomic mass is 32.1. The van der Waals surface area contributed by atoms with Crippen LogP contribution in [0.5, 0.6) is 0 Å². The number of thiazole rings is 1. The molecule has 4 nitrogen and oxygen atoms in total. The normalized spacial score (nSPS) is 33.3. The van der Waals surface area contributed by atoms with Crippen LogP contribution in [0.2, 0.25) is 0 Å². The third-order valence-electron chi connectivity index (χ3n) is 6.41. The van der Waals surface area contributed by atoms with E-state index in [9.17, 15) is 9.59 Å². The summed E-state index contributed by atoms with van der Waals surface area (Å²) in [4.78, 5) is 24.0. The highest BCUT2D eigenvalue weighted by molar-refractivity contribution is 7.07. The fourth-order valence-corrected chi connectivity index (χ4v) is 5.14. The maximum atomic E-state index is 12.3. The Labute approximate surface area is 129 Å². The van der Waals surface area contributed by atoms with Gasteiger partial charge in [-0.05, 0) is 42.9 Å². The molecule has 0 spiro atoms. The van der Waals surface area contributed by atoms with E-state index in [0.29, 0.717) is 11.3 Å². The van der Waals surface area contributed by atoms with Crippen molar-refractivity contribution in [2.75, 3.05) is 0 Å². The molecule has 0 aliphatic heterocycles. The molecule has 0 unspecified atom stereocenters. The molecule has 3 rings (SSSR count). The van der Waals surface area contributed by atoms with E-state index in [1.807, 2.05) is 6.92 Å². The number of fused-ring (bicyclic) bond motifs is 2. The summed E-state index contributed by atoms with van der Waals surface area (Å²) in [6.45, 7) is 9.00. The average molecular weight is 308 g/mol. The van der Waals surface area contributed by atoms with Gasteiger partial charge in [-0.25, -0.2) is 0 Å². The first kappa shape index (κ1) is 14.8. The molecule has 2 aliphatic carbocycles. The van der Waals surface area contributed by atoms with Crippen molar-refractivity contribution in [2.45, 2.75) is 59.5 Å². The molecule has 1 aromatic heterocycles. The van der Waals surface area contributed by atoms with Crippen LogP contribution in [0.25, 0.3) is 0 Å². The molecule has 116 valence electrons. The van der Waals surface area contributed by atoms with E-state index in [1.54, 1.807) is 9.95 Å². The summed E-state index contributed by atoms with van der Waals surface area (Å²) < 4.78 is 1.56. The van der Waals surface area contributed by atoms with Crippen LogP contribution in [-0.4, -0.2) is 16.5 Å². The largest absolute Gasteiger partial charge is 0.351 e. The van der Waals surface area contributed by atoms with Gasteiger partial charge in [0.1, 0.15) is 6.54 Å². The fraction of sp³-hybridized carbons (Fsp3) is 0.750. The monoisotopic (exact) mass is 308 g/mol. The highest BCUT2D eigenvalue weighted by Gasteiger charge is 2.61. The summed E-state index contributed by atoms with van der Waals surface area (Å²) in [5, 5.41) is 5.01. The molecule has 1 heterocycles. The molecule has 1 N–H and O–H groups in total. The fourth-order valence-electron chi connectivity index (χ4n) is 4.40. The van der Waals surface area contributed by atoms with Crippen molar-refractivity contribution < 1.29 is 4.79 Å². The molecule has 21 heavy (non-hydrogen) atoms. The predicted molar refractivity (Wildman–Crippen MR) is 84.5 cm³/mol. The van der Waals surface area contributed by atoms with E-state index in [2.05, 4.69) is 26.1 Å². The lowest BCUT2D eigenvalue weighted by Crippen LogP contribution is -2.48. The minimum Gasteiger partial charge on any atom is -0.351 e. The van der Waals surface area contributed by atoms with Gasteiger partial charge in [0.05, 0.1) is 0 Å². The third kappa shape index (κ3) is 2.08. The second-order valence-corrected chi connectivity index (χ2v) is 8.28. The van der Waals surface area contributed by atoms with E-state index in [1.165, 1.54) is 12.8 Å². The Morgan fingerprint density at radius 2 is 2.19 bits per heavy atom. The molecule has 0 saturated heterocycles. The molecule has 2 aliphatic rings. The highest BCUT2D eigenvalue weighted by Crippen LogP contribution is 2.65. The number of hydrogen-bond donors (Lipinski definition) is 1. The summed E-state index contributed by atoms with van der Waals surface area (Å²) in [5.74, 6) is 0.673. The van der Waals surface area contributed by atoms with Gasteiger partial charge in [0, 0.05) is 17.1 Å².